The van der Waals surface area contributed by atoms with Gasteiger partial charge in [0.05, 0.1) is 14.2 Å². The number of cyclic esters (lactones) is 1. The number of carbonyl (C=O) groups excluding carboxylic acids is 3. The van der Waals surface area contributed by atoms with E-state index in [-0.39, 0.29) is 5.76 Å². The highest BCUT2D eigenvalue weighted by Crippen LogP contribution is 2.34. The van der Waals surface area contributed by atoms with Gasteiger partial charge in [-0.1, -0.05) is 22.0 Å². The highest BCUT2D eigenvalue weighted by molar-refractivity contribution is 9.10. The average molecular weight is 395 g/mol. The standard InChI is InChI=1S/C17H15BrO6/c1-9-6-13(20)16(17(21)24-9)12(19)5-4-10-7-14(22-2)15(23-3)8-11(10)18/h4-8,16H,1-3H3/b5-4+/t16-/m0/s1. The Balaban J connectivity index is 2.26. The highest BCUT2D eigenvalue weighted by atomic mass is 79.9. The molecule has 0 saturated carbocycles. The molecule has 1 atom stereocenters. The summed E-state index contributed by atoms with van der Waals surface area (Å²) in [5.74, 6) is -2.34. The number of halogens is 1. The number of ether oxygens (including phenoxy) is 3. The monoisotopic (exact) mass is 394 g/mol. The van der Waals surface area contributed by atoms with E-state index in [1.807, 2.05) is 0 Å². The van der Waals surface area contributed by atoms with Gasteiger partial charge in [-0.05, 0) is 30.7 Å². The molecule has 0 aromatic heterocycles. The van der Waals surface area contributed by atoms with Crippen LogP contribution in [0.4, 0.5) is 0 Å². The van der Waals surface area contributed by atoms with E-state index in [1.54, 1.807) is 12.1 Å². The molecular weight excluding hydrogens is 380 g/mol. The van der Waals surface area contributed by atoms with Crippen LogP contribution in [0.3, 0.4) is 0 Å². The van der Waals surface area contributed by atoms with Crippen LogP contribution in [0.1, 0.15) is 12.5 Å². The fourth-order valence-electron chi connectivity index (χ4n) is 2.17. The molecule has 0 N–H and O–H groups in total. The molecule has 6 nitrogen and oxygen atoms in total. The minimum Gasteiger partial charge on any atom is -0.493 e. The lowest BCUT2D eigenvalue weighted by Crippen LogP contribution is -2.34. The van der Waals surface area contributed by atoms with Crippen molar-refractivity contribution >= 4 is 39.5 Å². The summed E-state index contributed by atoms with van der Waals surface area (Å²) >= 11 is 3.36. The molecule has 24 heavy (non-hydrogen) atoms. The molecular formula is C17H15BrO6. The maximum absolute atomic E-state index is 12.2. The van der Waals surface area contributed by atoms with Crippen LogP contribution in [-0.4, -0.2) is 31.8 Å². The number of hydrogen-bond acceptors (Lipinski definition) is 6. The number of allylic oxidation sites excluding steroid dienone is 3. The zero-order chi connectivity index (χ0) is 17.9. The van der Waals surface area contributed by atoms with Gasteiger partial charge in [0.15, 0.2) is 29.0 Å². The van der Waals surface area contributed by atoms with Crippen LogP contribution in [0.2, 0.25) is 0 Å². The molecule has 1 aliphatic heterocycles. The molecule has 0 amide bonds. The summed E-state index contributed by atoms with van der Waals surface area (Å²) in [5, 5.41) is 0. The second kappa shape index (κ2) is 7.44. The molecule has 1 aromatic rings. The molecule has 7 heteroatoms. The van der Waals surface area contributed by atoms with Crippen LogP contribution in [0.15, 0.2) is 34.5 Å². The zero-order valence-corrected chi connectivity index (χ0v) is 14.9. The Labute approximate surface area is 147 Å². The van der Waals surface area contributed by atoms with Crippen molar-refractivity contribution < 1.29 is 28.6 Å². The maximum Gasteiger partial charge on any atom is 0.329 e. The van der Waals surface area contributed by atoms with E-state index in [4.69, 9.17) is 14.2 Å². The number of esters is 1. The predicted octanol–water partition coefficient (Wildman–Crippen LogP) is 2.69. The van der Waals surface area contributed by atoms with Gasteiger partial charge in [-0.3, -0.25) is 14.4 Å². The zero-order valence-electron chi connectivity index (χ0n) is 13.3. The molecule has 0 radical (unpaired) electrons. The Kier molecular flexibility index (Phi) is 5.56. The lowest BCUT2D eigenvalue weighted by atomic mass is 9.96. The molecule has 1 aromatic carbocycles. The van der Waals surface area contributed by atoms with Gasteiger partial charge < -0.3 is 14.2 Å². The summed E-state index contributed by atoms with van der Waals surface area (Å²) in [7, 11) is 3.01. The highest BCUT2D eigenvalue weighted by Gasteiger charge is 2.36. The van der Waals surface area contributed by atoms with Gasteiger partial charge in [0.25, 0.3) is 0 Å². The molecule has 0 saturated heterocycles. The van der Waals surface area contributed by atoms with Crippen molar-refractivity contribution in [3.05, 3.63) is 40.1 Å². The second-order valence-electron chi connectivity index (χ2n) is 4.98. The van der Waals surface area contributed by atoms with E-state index >= 15 is 0 Å². The van der Waals surface area contributed by atoms with E-state index in [0.717, 1.165) is 6.08 Å². The van der Waals surface area contributed by atoms with Crippen molar-refractivity contribution in [2.45, 2.75) is 6.92 Å². The first kappa shape index (κ1) is 17.9. The van der Waals surface area contributed by atoms with E-state index in [9.17, 15) is 14.4 Å². The van der Waals surface area contributed by atoms with Gasteiger partial charge >= 0.3 is 5.97 Å². The summed E-state index contributed by atoms with van der Waals surface area (Å²) in [5.41, 5.74) is 0.629. The molecule has 0 aliphatic carbocycles. The largest absolute Gasteiger partial charge is 0.493 e. The van der Waals surface area contributed by atoms with Crippen molar-refractivity contribution in [1.29, 1.82) is 0 Å². The van der Waals surface area contributed by atoms with Gasteiger partial charge in [-0.2, -0.15) is 0 Å². The first-order valence-corrected chi connectivity index (χ1v) is 7.74. The first-order valence-electron chi connectivity index (χ1n) is 6.94. The fourth-order valence-corrected chi connectivity index (χ4v) is 2.62. The number of ketones is 2. The van der Waals surface area contributed by atoms with Gasteiger partial charge in [-0.15, -0.1) is 0 Å². The van der Waals surface area contributed by atoms with Crippen molar-refractivity contribution in [2.24, 2.45) is 5.92 Å². The van der Waals surface area contributed by atoms with Crippen molar-refractivity contribution in [1.82, 2.24) is 0 Å². The third kappa shape index (κ3) is 3.73. The normalized spacial score (nSPS) is 17.5. The third-order valence-corrected chi connectivity index (χ3v) is 4.03. The van der Waals surface area contributed by atoms with Crippen LogP contribution in [-0.2, 0) is 19.1 Å². The average Bonchev–Trinajstić information content (AvgIpc) is 2.52. The smallest absolute Gasteiger partial charge is 0.329 e. The summed E-state index contributed by atoms with van der Waals surface area (Å²) < 4.78 is 15.9. The van der Waals surface area contributed by atoms with Crippen molar-refractivity contribution in [3.8, 4) is 11.5 Å². The number of benzene rings is 1. The van der Waals surface area contributed by atoms with E-state index in [1.165, 1.54) is 33.3 Å². The van der Waals surface area contributed by atoms with Crippen LogP contribution in [0, 0.1) is 5.92 Å². The van der Waals surface area contributed by atoms with Gasteiger partial charge in [0, 0.05) is 10.5 Å². The summed E-state index contributed by atoms with van der Waals surface area (Å²) in [6, 6.07) is 3.35. The number of hydrogen-bond donors (Lipinski definition) is 0. The molecule has 0 fully saturated rings. The Morgan fingerprint density at radius 1 is 1.21 bits per heavy atom. The Morgan fingerprint density at radius 3 is 2.42 bits per heavy atom. The van der Waals surface area contributed by atoms with Gasteiger partial charge in [0.2, 0.25) is 0 Å². The van der Waals surface area contributed by atoms with Crippen molar-refractivity contribution in [2.75, 3.05) is 14.2 Å². The Morgan fingerprint density at radius 2 is 1.83 bits per heavy atom. The topological polar surface area (TPSA) is 78.9 Å². The van der Waals surface area contributed by atoms with E-state index < -0.39 is 23.5 Å². The van der Waals surface area contributed by atoms with Crippen LogP contribution < -0.4 is 9.47 Å². The number of rotatable bonds is 5. The quantitative estimate of drug-likeness (QED) is 0.434. The van der Waals surface area contributed by atoms with Gasteiger partial charge in [0.1, 0.15) is 5.76 Å². The summed E-state index contributed by atoms with van der Waals surface area (Å²) in [6.07, 6.45) is 3.80. The van der Waals surface area contributed by atoms with E-state index in [0.29, 0.717) is 21.5 Å². The van der Waals surface area contributed by atoms with Crippen molar-refractivity contribution in [3.63, 3.8) is 0 Å². The van der Waals surface area contributed by atoms with Crippen LogP contribution in [0.5, 0.6) is 11.5 Å². The minimum absolute atomic E-state index is 0.181. The number of carbonyl (C=O) groups is 3. The molecule has 0 bridgehead atoms. The molecule has 1 heterocycles. The molecule has 1 aliphatic rings. The predicted molar refractivity (Wildman–Crippen MR) is 89.6 cm³/mol. The lowest BCUT2D eigenvalue weighted by molar-refractivity contribution is -0.151. The maximum atomic E-state index is 12.2. The first-order chi connectivity index (χ1) is 11.4. The van der Waals surface area contributed by atoms with Gasteiger partial charge in [-0.25, -0.2) is 0 Å². The minimum atomic E-state index is -1.45. The van der Waals surface area contributed by atoms with Crippen LogP contribution >= 0.6 is 15.9 Å². The Bertz CT molecular complexity index is 763. The molecule has 2 rings (SSSR count). The number of methoxy groups -OCH3 is 2. The SMILES string of the molecule is COc1cc(Br)c(/C=C/C(=O)[C@H]2C(=O)C=C(C)OC2=O)cc1OC. The van der Waals surface area contributed by atoms with E-state index in [2.05, 4.69) is 15.9 Å². The fraction of sp³-hybridized carbons (Fsp3) is 0.235. The Hall–Kier alpha value is -2.41. The summed E-state index contributed by atoms with van der Waals surface area (Å²) in [6.45, 7) is 1.48. The molecule has 126 valence electrons. The molecule has 0 spiro atoms. The van der Waals surface area contributed by atoms with Crippen LogP contribution in [0.25, 0.3) is 6.08 Å². The second-order valence-corrected chi connectivity index (χ2v) is 5.83. The lowest BCUT2D eigenvalue weighted by Gasteiger charge is -2.15. The third-order valence-electron chi connectivity index (χ3n) is 3.34. The summed E-state index contributed by atoms with van der Waals surface area (Å²) in [4.78, 5) is 35.8. The molecule has 0 unspecified atom stereocenters.